The van der Waals surface area contributed by atoms with Gasteiger partial charge in [-0.3, -0.25) is 15.6 Å². The van der Waals surface area contributed by atoms with Crippen LogP contribution in [0.5, 0.6) is 0 Å². The van der Waals surface area contributed by atoms with E-state index in [4.69, 9.17) is 14.6 Å². The molecule has 2 unspecified atom stereocenters. The number of nitrogens with one attached hydrogen (secondary N) is 2. The molecule has 2 atom stereocenters. The van der Waals surface area contributed by atoms with Crippen LogP contribution in [-0.4, -0.2) is 49.8 Å². The van der Waals surface area contributed by atoms with E-state index < -0.39 is 26.2 Å². The fourth-order valence-electron chi connectivity index (χ4n) is 2.45. The van der Waals surface area contributed by atoms with Crippen LogP contribution >= 0.6 is 0 Å². The number of carbonyl (C=O) groups is 2. The Kier molecular flexibility index (Phi) is 6.80. The van der Waals surface area contributed by atoms with E-state index >= 15 is 0 Å². The van der Waals surface area contributed by atoms with Gasteiger partial charge < -0.3 is 9.16 Å². The number of hydrazine groups is 1. The van der Waals surface area contributed by atoms with Gasteiger partial charge in [-0.2, -0.15) is 0 Å². The van der Waals surface area contributed by atoms with E-state index in [0.29, 0.717) is 6.42 Å². The Balaban J connectivity index is 2.93. The molecular weight excluding hydrogens is 338 g/mol. The third-order valence-electron chi connectivity index (χ3n) is 5.02. The Bertz CT molecular complexity index is 528. The van der Waals surface area contributed by atoms with Gasteiger partial charge in [0, 0.05) is 6.42 Å². The van der Waals surface area contributed by atoms with Crippen molar-refractivity contribution >= 4 is 26.0 Å². The number of esters is 1. The topological polar surface area (TPSA) is 91.7 Å². The zero-order chi connectivity index (χ0) is 19.6. The first-order valence-corrected chi connectivity index (χ1v) is 11.8. The van der Waals surface area contributed by atoms with Crippen molar-refractivity contribution in [2.45, 2.75) is 78.2 Å². The predicted octanol–water partition coefficient (Wildman–Crippen LogP) is 2.68. The Morgan fingerprint density at radius 3 is 2.40 bits per heavy atom. The molecule has 1 aliphatic heterocycles. The van der Waals surface area contributed by atoms with Crippen LogP contribution in [0.15, 0.2) is 0 Å². The molecule has 0 aromatic carbocycles. The van der Waals surface area contributed by atoms with Crippen molar-refractivity contribution in [3.63, 3.8) is 0 Å². The van der Waals surface area contributed by atoms with Crippen molar-refractivity contribution < 1.29 is 18.8 Å². The lowest BCUT2D eigenvalue weighted by Gasteiger charge is -2.37. The average Bonchev–Trinajstić information content (AvgIpc) is 2.75. The van der Waals surface area contributed by atoms with Crippen molar-refractivity contribution in [2.75, 3.05) is 6.61 Å². The molecule has 0 aliphatic carbocycles. The molecule has 0 spiro atoms. The maximum atomic E-state index is 12.9. The Hall–Kier alpha value is -1.41. The fraction of sp³-hybridized carbons (Fsp3) is 0.824. The van der Waals surface area contributed by atoms with E-state index in [-0.39, 0.29) is 29.5 Å². The summed E-state index contributed by atoms with van der Waals surface area (Å²) in [5, 5.41) is 9.19. The highest BCUT2D eigenvalue weighted by Crippen LogP contribution is 2.39. The zero-order valence-electron chi connectivity index (χ0n) is 16.7. The van der Waals surface area contributed by atoms with Gasteiger partial charge in [-0.05, 0) is 31.0 Å². The lowest BCUT2D eigenvalue weighted by molar-refractivity contribution is -0.138. The summed E-state index contributed by atoms with van der Waals surface area (Å²) in [5.74, 6) is -1.27. The number of hydrogen-bond acceptors (Lipinski definition) is 5. The van der Waals surface area contributed by atoms with Crippen LogP contribution in [0.3, 0.4) is 0 Å². The van der Waals surface area contributed by atoms with E-state index in [2.05, 4.69) is 39.3 Å². The summed E-state index contributed by atoms with van der Waals surface area (Å²) in [6.07, 6.45) is 0.00217. The molecule has 1 rings (SSSR count). The first kappa shape index (κ1) is 21.6. The van der Waals surface area contributed by atoms with Gasteiger partial charge >= 0.3 is 5.97 Å². The first-order valence-electron chi connectivity index (χ1n) is 8.85. The molecule has 2 N–H and O–H groups in total. The molecular formula is C17H33N3O4Si. The molecule has 1 heterocycles. The van der Waals surface area contributed by atoms with Crippen molar-refractivity contribution in [3.8, 4) is 0 Å². The molecule has 25 heavy (non-hydrogen) atoms. The highest BCUT2D eigenvalue weighted by atomic mass is 28.4. The van der Waals surface area contributed by atoms with Gasteiger partial charge in [-0.1, -0.05) is 34.6 Å². The van der Waals surface area contributed by atoms with Crippen LogP contribution in [0.25, 0.3) is 0 Å². The van der Waals surface area contributed by atoms with Crippen molar-refractivity contribution in [3.05, 3.63) is 0 Å². The van der Waals surface area contributed by atoms with Gasteiger partial charge in [0.05, 0.1) is 12.6 Å². The van der Waals surface area contributed by atoms with Gasteiger partial charge in [-0.25, -0.2) is 9.80 Å². The van der Waals surface area contributed by atoms with Gasteiger partial charge in [0.15, 0.2) is 8.32 Å². The Morgan fingerprint density at radius 1 is 1.40 bits per heavy atom. The van der Waals surface area contributed by atoms with Crippen LogP contribution < -0.4 is 5.43 Å². The molecule has 0 radical (unpaired) electrons. The second-order valence-electron chi connectivity index (χ2n) is 8.33. The number of hydrogen-bond donors (Lipinski definition) is 2. The van der Waals surface area contributed by atoms with Gasteiger partial charge in [0.2, 0.25) is 5.84 Å². The number of amidine groups is 1. The molecule has 0 bridgehead atoms. The molecule has 0 aromatic rings. The summed E-state index contributed by atoms with van der Waals surface area (Å²) in [6, 6.07) is -0.142. The third kappa shape index (κ3) is 5.04. The maximum Gasteiger partial charge on any atom is 0.375 e. The van der Waals surface area contributed by atoms with E-state index in [1.807, 2.05) is 13.8 Å². The SMILES string of the molecule is CCOC(=O)C(=N)NN1C(=O)C(O[Si](C)(C)C(C)(C)C)CC1C(C)C. The summed E-state index contributed by atoms with van der Waals surface area (Å²) in [4.78, 5) is 24.5. The third-order valence-corrected chi connectivity index (χ3v) is 9.51. The van der Waals surface area contributed by atoms with Gasteiger partial charge in [0.1, 0.15) is 6.10 Å². The molecule has 1 amide bonds. The Morgan fingerprint density at radius 2 is 1.96 bits per heavy atom. The van der Waals surface area contributed by atoms with Crippen LogP contribution in [0.1, 0.15) is 48.0 Å². The first-order chi connectivity index (χ1) is 11.3. The standard InChI is InChI=1S/C17H33N3O4Si/c1-9-23-16(22)14(18)19-20-12(11(2)3)10-13(15(20)21)24-25(7,8)17(4,5)6/h11-13H,9-10H2,1-8H3,(H2,18,19). The fourth-order valence-corrected chi connectivity index (χ4v) is 3.71. The summed E-state index contributed by atoms with van der Waals surface area (Å²) in [5.41, 5.74) is 2.63. The quantitative estimate of drug-likeness (QED) is 0.335. The van der Waals surface area contributed by atoms with Gasteiger partial charge in [0.25, 0.3) is 5.91 Å². The highest BCUT2D eigenvalue weighted by molar-refractivity contribution is 6.74. The molecule has 8 heteroatoms. The van der Waals surface area contributed by atoms with Crippen molar-refractivity contribution in [1.29, 1.82) is 5.41 Å². The number of carbonyl (C=O) groups excluding carboxylic acids is 2. The van der Waals surface area contributed by atoms with Gasteiger partial charge in [-0.15, -0.1) is 0 Å². The number of rotatable bonds is 5. The Labute approximate surface area is 152 Å². The predicted molar refractivity (Wildman–Crippen MR) is 99.7 cm³/mol. The lowest BCUT2D eigenvalue weighted by Crippen LogP contribution is -2.53. The van der Waals surface area contributed by atoms with E-state index in [0.717, 1.165) is 0 Å². The van der Waals surface area contributed by atoms with E-state index in [9.17, 15) is 9.59 Å². The average molecular weight is 372 g/mol. The summed E-state index contributed by atoms with van der Waals surface area (Å²) in [6.45, 7) is 16.5. The number of ether oxygens (including phenoxy) is 1. The van der Waals surface area contributed by atoms with Crippen molar-refractivity contribution in [2.24, 2.45) is 5.92 Å². The second-order valence-corrected chi connectivity index (χ2v) is 13.1. The number of nitrogens with zero attached hydrogens (tertiary/aromatic N) is 1. The van der Waals surface area contributed by atoms with Crippen LogP contribution in [-0.2, 0) is 18.8 Å². The van der Waals surface area contributed by atoms with E-state index in [1.165, 1.54) is 5.01 Å². The summed E-state index contributed by atoms with van der Waals surface area (Å²) >= 11 is 0. The zero-order valence-corrected chi connectivity index (χ0v) is 17.7. The van der Waals surface area contributed by atoms with Crippen molar-refractivity contribution in [1.82, 2.24) is 10.4 Å². The minimum atomic E-state index is -2.10. The molecule has 1 fully saturated rings. The summed E-state index contributed by atoms with van der Waals surface area (Å²) < 4.78 is 11.1. The molecule has 1 aliphatic rings. The molecule has 0 saturated carbocycles. The second kappa shape index (κ2) is 7.86. The molecule has 1 saturated heterocycles. The molecule has 7 nitrogen and oxygen atoms in total. The van der Waals surface area contributed by atoms with Crippen LogP contribution in [0, 0.1) is 11.3 Å². The molecule has 144 valence electrons. The number of amides is 1. The maximum absolute atomic E-state index is 12.9. The van der Waals surface area contributed by atoms with Crippen LogP contribution in [0.2, 0.25) is 18.1 Å². The molecule has 0 aromatic heterocycles. The minimum Gasteiger partial charge on any atom is -0.460 e. The minimum absolute atomic E-state index is 0.000897. The lowest BCUT2D eigenvalue weighted by atomic mass is 10.0. The van der Waals surface area contributed by atoms with Crippen LogP contribution in [0.4, 0.5) is 0 Å². The smallest absolute Gasteiger partial charge is 0.375 e. The monoisotopic (exact) mass is 371 g/mol. The van der Waals surface area contributed by atoms with E-state index in [1.54, 1.807) is 6.92 Å². The largest absolute Gasteiger partial charge is 0.460 e. The summed E-state index contributed by atoms with van der Waals surface area (Å²) in [7, 11) is -2.10. The normalized spacial score (nSPS) is 21.6. The highest BCUT2D eigenvalue weighted by Gasteiger charge is 2.48.